The van der Waals surface area contributed by atoms with Crippen LogP contribution in [0.1, 0.15) is 30.5 Å². The SMILES string of the molecule is COc1cc(OC)c2c(N)c3c(nc2c1)CCCCC3. The number of methoxy groups -OCH3 is 2. The van der Waals surface area contributed by atoms with Crippen molar-refractivity contribution in [2.45, 2.75) is 32.1 Å². The van der Waals surface area contributed by atoms with Gasteiger partial charge < -0.3 is 15.2 Å². The highest BCUT2D eigenvalue weighted by atomic mass is 16.5. The number of aromatic nitrogens is 1. The number of rotatable bonds is 2. The zero-order valence-corrected chi connectivity index (χ0v) is 12.0. The molecule has 4 nitrogen and oxygen atoms in total. The van der Waals surface area contributed by atoms with Gasteiger partial charge in [-0.2, -0.15) is 0 Å². The zero-order valence-electron chi connectivity index (χ0n) is 12.0. The normalized spacial score (nSPS) is 14.7. The van der Waals surface area contributed by atoms with Gasteiger partial charge in [-0.25, -0.2) is 0 Å². The number of nitrogens with zero attached hydrogens (tertiary/aromatic N) is 1. The van der Waals surface area contributed by atoms with Gasteiger partial charge in [-0.1, -0.05) is 6.42 Å². The summed E-state index contributed by atoms with van der Waals surface area (Å²) in [6, 6.07) is 3.79. The minimum Gasteiger partial charge on any atom is -0.497 e. The molecule has 1 aromatic carbocycles. The van der Waals surface area contributed by atoms with Crippen molar-refractivity contribution in [1.29, 1.82) is 0 Å². The van der Waals surface area contributed by atoms with Crippen LogP contribution in [0.5, 0.6) is 11.5 Å². The van der Waals surface area contributed by atoms with Gasteiger partial charge in [0.2, 0.25) is 0 Å². The van der Waals surface area contributed by atoms with E-state index < -0.39 is 0 Å². The molecule has 0 unspecified atom stereocenters. The fourth-order valence-corrected chi connectivity index (χ4v) is 2.99. The molecule has 0 fully saturated rings. The van der Waals surface area contributed by atoms with E-state index >= 15 is 0 Å². The Labute approximate surface area is 118 Å². The van der Waals surface area contributed by atoms with Crippen LogP contribution in [0.2, 0.25) is 0 Å². The summed E-state index contributed by atoms with van der Waals surface area (Å²) in [6.07, 6.45) is 5.63. The summed E-state index contributed by atoms with van der Waals surface area (Å²) in [5.41, 5.74) is 10.5. The van der Waals surface area contributed by atoms with E-state index in [0.29, 0.717) is 0 Å². The summed E-state index contributed by atoms with van der Waals surface area (Å²) in [6.45, 7) is 0. The largest absolute Gasteiger partial charge is 0.497 e. The van der Waals surface area contributed by atoms with Crippen LogP contribution in [0, 0.1) is 0 Å². The summed E-state index contributed by atoms with van der Waals surface area (Å²) in [5, 5.41) is 0.911. The first-order valence-electron chi connectivity index (χ1n) is 7.07. The van der Waals surface area contributed by atoms with Crippen LogP contribution in [0.4, 0.5) is 5.69 Å². The lowest BCUT2D eigenvalue weighted by molar-refractivity contribution is 0.398. The molecule has 1 aliphatic carbocycles. The number of hydrogen-bond donors (Lipinski definition) is 1. The predicted octanol–water partition coefficient (Wildman–Crippen LogP) is 3.10. The Balaban J connectivity index is 2.31. The number of pyridine rings is 1. The fraction of sp³-hybridized carbons (Fsp3) is 0.438. The van der Waals surface area contributed by atoms with Crippen LogP contribution in [0.15, 0.2) is 12.1 Å². The predicted molar refractivity (Wildman–Crippen MR) is 80.5 cm³/mol. The first-order valence-corrected chi connectivity index (χ1v) is 7.07. The molecule has 0 saturated heterocycles. The lowest BCUT2D eigenvalue weighted by Gasteiger charge is -2.15. The number of nitrogens with two attached hydrogens (primary N) is 1. The average Bonchev–Trinajstić information content (AvgIpc) is 2.71. The standard InChI is InChI=1S/C16H20N2O2/c1-19-10-8-13-15(14(9-10)20-2)16(17)11-6-4-3-5-7-12(11)18-13/h8-9H,3-7H2,1-2H3,(H2,17,18). The second kappa shape index (κ2) is 5.19. The van der Waals surface area contributed by atoms with Crippen LogP contribution < -0.4 is 15.2 Å². The monoisotopic (exact) mass is 272 g/mol. The highest BCUT2D eigenvalue weighted by Gasteiger charge is 2.18. The molecule has 1 aliphatic rings. The van der Waals surface area contributed by atoms with Crippen molar-refractivity contribution >= 4 is 16.6 Å². The van der Waals surface area contributed by atoms with Crippen LogP contribution >= 0.6 is 0 Å². The summed E-state index contributed by atoms with van der Waals surface area (Å²) < 4.78 is 10.8. The van der Waals surface area contributed by atoms with Crippen molar-refractivity contribution in [3.8, 4) is 11.5 Å². The number of anilines is 1. The third kappa shape index (κ3) is 2.05. The van der Waals surface area contributed by atoms with Gasteiger partial charge in [0.1, 0.15) is 11.5 Å². The highest BCUT2D eigenvalue weighted by Crippen LogP contribution is 2.38. The summed E-state index contributed by atoms with van der Waals surface area (Å²) >= 11 is 0. The molecule has 20 heavy (non-hydrogen) atoms. The lowest BCUT2D eigenvalue weighted by Crippen LogP contribution is -2.04. The molecule has 0 saturated carbocycles. The molecule has 1 heterocycles. The van der Waals surface area contributed by atoms with E-state index in [1.165, 1.54) is 24.8 Å². The van der Waals surface area contributed by atoms with E-state index in [0.717, 1.165) is 46.6 Å². The van der Waals surface area contributed by atoms with Crippen molar-refractivity contribution in [2.75, 3.05) is 20.0 Å². The Morgan fingerprint density at radius 3 is 2.60 bits per heavy atom. The molecule has 0 spiro atoms. The fourth-order valence-electron chi connectivity index (χ4n) is 2.99. The average molecular weight is 272 g/mol. The molecule has 106 valence electrons. The number of hydrogen-bond acceptors (Lipinski definition) is 4. The van der Waals surface area contributed by atoms with Crippen molar-refractivity contribution < 1.29 is 9.47 Å². The smallest absolute Gasteiger partial charge is 0.134 e. The Kier molecular flexibility index (Phi) is 3.38. The molecule has 0 bridgehead atoms. The van der Waals surface area contributed by atoms with Gasteiger partial charge in [0, 0.05) is 23.5 Å². The Morgan fingerprint density at radius 2 is 1.85 bits per heavy atom. The van der Waals surface area contributed by atoms with Gasteiger partial charge in [-0.15, -0.1) is 0 Å². The van der Waals surface area contributed by atoms with E-state index in [2.05, 4.69) is 0 Å². The van der Waals surface area contributed by atoms with Gasteiger partial charge in [-0.05, 0) is 31.2 Å². The molecule has 0 atom stereocenters. The van der Waals surface area contributed by atoms with Gasteiger partial charge in [0.15, 0.2) is 0 Å². The Bertz CT molecular complexity index is 653. The van der Waals surface area contributed by atoms with Gasteiger partial charge in [0.05, 0.1) is 25.1 Å². The third-order valence-electron chi connectivity index (χ3n) is 4.05. The van der Waals surface area contributed by atoms with Gasteiger partial charge in [-0.3, -0.25) is 4.98 Å². The van der Waals surface area contributed by atoms with Crippen molar-refractivity contribution in [2.24, 2.45) is 0 Å². The second-order valence-electron chi connectivity index (χ2n) is 5.24. The maximum Gasteiger partial charge on any atom is 0.134 e. The number of aryl methyl sites for hydroxylation is 1. The molecular formula is C16H20N2O2. The molecule has 4 heteroatoms. The van der Waals surface area contributed by atoms with E-state index in [9.17, 15) is 0 Å². The van der Waals surface area contributed by atoms with Crippen LogP contribution in [-0.2, 0) is 12.8 Å². The molecule has 0 aliphatic heterocycles. The van der Waals surface area contributed by atoms with Crippen molar-refractivity contribution in [1.82, 2.24) is 4.98 Å². The second-order valence-corrected chi connectivity index (χ2v) is 5.24. The van der Waals surface area contributed by atoms with Crippen LogP contribution in [-0.4, -0.2) is 19.2 Å². The number of nitrogen functional groups attached to an aromatic ring is 1. The van der Waals surface area contributed by atoms with Crippen LogP contribution in [0.3, 0.4) is 0 Å². The minimum atomic E-state index is 0.733. The van der Waals surface area contributed by atoms with E-state index in [-0.39, 0.29) is 0 Å². The van der Waals surface area contributed by atoms with E-state index in [4.69, 9.17) is 20.2 Å². The van der Waals surface area contributed by atoms with Gasteiger partial charge in [0.25, 0.3) is 0 Å². The first kappa shape index (κ1) is 13.0. The summed E-state index contributed by atoms with van der Waals surface area (Å²) in [5.74, 6) is 1.48. The molecule has 3 rings (SSSR count). The Hall–Kier alpha value is -1.97. The molecule has 2 N–H and O–H groups in total. The third-order valence-corrected chi connectivity index (χ3v) is 4.05. The maximum atomic E-state index is 6.42. The van der Waals surface area contributed by atoms with Gasteiger partial charge >= 0.3 is 0 Å². The zero-order chi connectivity index (χ0) is 14.1. The number of fused-ring (bicyclic) bond motifs is 2. The van der Waals surface area contributed by atoms with Crippen LogP contribution in [0.25, 0.3) is 10.9 Å². The topological polar surface area (TPSA) is 57.4 Å². The quantitative estimate of drug-likeness (QED) is 0.853. The number of ether oxygens (including phenoxy) is 2. The molecule has 2 aromatic rings. The first-order chi connectivity index (χ1) is 9.74. The number of benzene rings is 1. The lowest BCUT2D eigenvalue weighted by atomic mass is 10.0. The van der Waals surface area contributed by atoms with Crippen molar-refractivity contribution in [3.63, 3.8) is 0 Å². The van der Waals surface area contributed by atoms with E-state index in [1.807, 2.05) is 12.1 Å². The molecular weight excluding hydrogens is 252 g/mol. The van der Waals surface area contributed by atoms with E-state index in [1.54, 1.807) is 14.2 Å². The maximum absolute atomic E-state index is 6.42. The molecule has 0 radical (unpaired) electrons. The van der Waals surface area contributed by atoms with Crippen molar-refractivity contribution in [3.05, 3.63) is 23.4 Å². The Morgan fingerprint density at radius 1 is 1.05 bits per heavy atom. The molecule has 0 amide bonds. The highest BCUT2D eigenvalue weighted by molar-refractivity contribution is 5.98. The molecule has 1 aromatic heterocycles. The summed E-state index contributed by atoms with van der Waals surface area (Å²) in [4.78, 5) is 4.81. The minimum absolute atomic E-state index is 0.733. The summed E-state index contributed by atoms with van der Waals surface area (Å²) in [7, 11) is 3.30.